The number of hydrogen-bond donors (Lipinski definition) is 2. The number of nitrogens with one attached hydrogen (secondary N) is 2. The Hall–Kier alpha value is -0.490. The zero-order valence-corrected chi connectivity index (χ0v) is 11.4. The number of aromatic amines is 2. The second-order valence-corrected chi connectivity index (χ2v) is 4.02. The van der Waals surface area contributed by atoms with E-state index >= 15 is 0 Å². The summed E-state index contributed by atoms with van der Waals surface area (Å²) >= 11 is 11.3. The molecule has 0 unspecified atom stereocenters. The fraction of sp³-hybridized carbons (Fsp3) is 0.556. The van der Waals surface area contributed by atoms with Crippen LogP contribution in [0.3, 0.4) is 0 Å². The lowest BCUT2D eigenvalue weighted by Crippen LogP contribution is -2.31. The van der Waals surface area contributed by atoms with Gasteiger partial charge in [-0.2, -0.15) is 0 Å². The highest BCUT2D eigenvalue weighted by Crippen LogP contribution is 1.98. The van der Waals surface area contributed by atoms with E-state index in [1.54, 1.807) is 0 Å². The molecule has 8 heteroatoms. The van der Waals surface area contributed by atoms with E-state index < -0.39 is 11.2 Å². The molecule has 1 rings (SSSR count). The molecular weight excluding hydrogens is 288 g/mol. The third-order valence-corrected chi connectivity index (χ3v) is 2.35. The van der Waals surface area contributed by atoms with Crippen LogP contribution in [0.4, 0.5) is 0 Å². The van der Waals surface area contributed by atoms with Gasteiger partial charge < -0.3 is 4.98 Å². The molecule has 0 spiro atoms. The molecule has 1 heterocycles. The SMILES string of the molecule is Cl.O=c1cc(CN(CCCl)CCCl)[nH]c(=O)[nH]1. The van der Waals surface area contributed by atoms with Crippen LogP contribution < -0.4 is 11.2 Å². The topological polar surface area (TPSA) is 69.0 Å². The van der Waals surface area contributed by atoms with Crippen molar-refractivity contribution in [2.45, 2.75) is 6.54 Å². The van der Waals surface area contributed by atoms with Crippen molar-refractivity contribution in [1.29, 1.82) is 0 Å². The molecule has 2 N–H and O–H groups in total. The van der Waals surface area contributed by atoms with Crippen molar-refractivity contribution in [1.82, 2.24) is 14.9 Å². The maximum absolute atomic E-state index is 11.1. The Balaban J connectivity index is 0.00000256. The summed E-state index contributed by atoms with van der Waals surface area (Å²) in [6.07, 6.45) is 0. The van der Waals surface area contributed by atoms with Crippen LogP contribution in [0.2, 0.25) is 0 Å². The molecule has 0 aliphatic rings. The van der Waals surface area contributed by atoms with Crippen molar-refractivity contribution in [3.05, 3.63) is 32.6 Å². The second-order valence-electron chi connectivity index (χ2n) is 3.27. The van der Waals surface area contributed by atoms with Crippen molar-refractivity contribution >= 4 is 35.6 Å². The molecule has 0 amide bonds. The average Bonchev–Trinajstić information content (AvgIpc) is 2.16. The average molecular weight is 303 g/mol. The van der Waals surface area contributed by atoms with Gasteiger partial charge in [0.15, 0.2) is 0 Å². The zero-order chi connectivity index (χ0) is 12.0. The maximum atomic E-state index is 11.1. The summed E-state index contributed by atoms with van der Waals surface area (Å²) in [6, 6.07) is 1.36. The van der Waals surface area contributed by atoms with E-state index in [0.717, 1.165) is 0 Å². The maximum Gasteiger partial charge on any atom is 0.325 e. The van der Waals surface area contributed by atoms with Crippen LogP contribution in [-0.2, 0) is 6.54 Å². The molecule has 0 fully saturated rings. The number of rotatable bonds is 6. The lowest BCUT2D eigenvalue weighted by molar-refractivity contribution is 0.295. The summed E-state index contributed by atoms with van der Waals surface area (Å²) in [5, 5.41) is 0. The van der Waals surface area contributed by atoms with E-state index in [2.05, 4.69) is 9.97 Å². The molecule has 98 valence electrons. The van der Waals surface area contributed by atoms with Crippen molar-refractivity contribution in [2.24, 2.45) is 0 Å². The lowest BCUT2D eigenvalue weighted by atomic mass is 10.3. The van der Waals surface area contributed by atoms with Gasteiger partial charge in [0.1, 0.15) is 0 Å². The van der Waals surface area contributed by atoms with E-state index in [1.807, 2.05) is 4.90 Å². The molecule has 0 aliphatic carbocycles. The van der Waals surface area contributed by atoms with Crippen molar-refractivity contribution in [3.8, 4) is 0 Å². The minimum atomic E-state index is -0.501. The molecular formula is C9H14Cl3N3O2. The minimum absolute atomic E-state index is 0. The van der Waals surface area contributed by atoms with Gasteiger partial charge in [0, 0.05) is 43.2 Å². The highest BCUT2D eigenvalue weighted by atomic mass is 35.5. The Morgan fingerprint density at radius 2 is 1.71 bits per heavy atom. The van der Waals surface area contributed by atoms with Gasteiger partial charge in [-0.05, 0) is 0 Å². The smallest absolute Gasteiger partial charge is 0.310 e. The van der Waals surface area contributed by atoms with Gasteiger partial charge in [-0.25, -0.2) is 4.79 Å². The van der Waals surface area contributed by atoms with Crippen molar-refractivity contribution in [2.75, 3.05) is 24.8 Å². The molecule has 0 saturated heterocycles. The summed E-state index contributed by atoms with van der Waals surface area (Å²) in [6.45, 7) is 1.77. The lowest BCUT2D eigenvalue weighted by Gasteiger charge is -2.19. The largest absolute Gasteiger partial charge is 0.325 e. The summed E-state index contributed by atoms with van der Waals surface area (Å²) in [4.78, 5) is 28.7. The van der Waals surface area contributed by atoms with Crippen LogP contribution in [0.15, 0.2) is 15.7 Å². The van der Waals surface area contributed by atoms with Crippen molar-refractivity contribution in [3.63, 3.8) is 0 Å². The molecule has 0 saturated carbocycles. The number of halogens is 3. The van der Waals surface area contributed by atoms with Gasteiger partial charge in [0.25, 0.3) is 5.56 Å². The predicted octanol–water partition coefficient (Wildman–Crippen LogP) is 0.765. The molecule has 5 nitrogen and oxygen atoms in total. The van der Waals surface area contributed by atoms with E-state index in [1.165, 1.54) is 6.07 Å². The number of nitrogens with zero attached hydrogens (tertiary/aromatic N) is 1. The van der Waals surface area contributed by atoms with Crippen LogP contribution in [0.5, 0.6) is 0 Å². The molecule has 0 aromatic carbocycles. The van der Waals surface area contributed by atoms with Gasteiger partial charge >= 0.3 is 5.69 Å². The summed E-state index contributed by atoms with van der Waals surface area (Å²) < 4.78 is 0. The zero-order valence-electron chi connectivity index (χ0n) is 9.04. The monoisotopic (exact) mass is 301 g/mol. The highest BCUT2D eigenvalue weighted by molar-refractivity contribution is 6.18. The summed E-state index contributed by atoms with van der Waals surface area (Å²) in [7, 11) is 0. The Kier molecular flexibility index (Phi) is 8.33. The van der Waals surface area contributed by atoms with Crippen LogP contribution >= 0.6 is 35.6 Å². The third kappa shape index (κ3) is 6.12. The van der Waals surface area contributed by atoms with Gasteiger partial charge in [-0.1, -0.05) is 0 Å². The number of aromatic nitrogens is 2. The Morgan fingerprint density at radius 3 is 2.18 bits per heavy atom. The predicted molar refractivity (Wildman–Crippen MR) is 71.6 cm³/mol. The van der Waals surface area contributed by atoms with Gasteiger partial charge in [-0.15, -0.1) is 35.6 Å². The normalized spacial score (nSPS) is 10.3. The van der Waals surface area contributed by atoms with Gasteiger partial charge in [0.2, 0.25) is 0 Å². The molecule has 0 radical (unpaired) electrons. The quantitative estimate of drug-likeness (QED) is 0.763. The van der Waals surface area contributed by atoms with Crippen molar-refractivity contribution < 1.29 is 0 Å². The first kappa shape index (κ1) is 16.5. The number of hydrogen-bond acceptors (Lipinski definition) is 3. The molecule has 0 atom stereocenters. The molecule has 0 bridgehead atoms. The van der Waals surface area contributed by atoms with Gasteiger partial charge in [-0.3, -0.25) is 14.7 Å². The first-order valence-corrected chi connectivity index (χ1v) is 5.89. The number of H-pyrrole nitrogens is 2. The third-order valence-electron chi connectivity index (χ3n) is 2.01. The standard InChI is InChI=1S/C9H13Cl2N3O2.ClH/c10-1-3-14(4-2-11)6-7-5-8(15)13-9(16)12-7;/h5H,1-4,6H2,(H2,12,13,15,16);1H. The summed E-state index contributed by atoms with van der Waals surface area (Å²) in [5.74, 6) is 0.953. The van der Waals surface area contributed by atoms with E-state index in [0.29, 0.717) is 37.1 Å². The number of alkyl halides is 2. The first-order valence-electron chi connectivity index (χ1n) is 4.82. The first-order chi connectivity index (χ1) is 7.65. The van der Waals surface area contributed by atoms with Gasteiger partial charge in [0.05, 0.1) is 0 Å². The van der Waals surface area contributed by atoms with E-state index in [-0.39, 0.29) is 12.4 Å². The second kappa shape index (κ2) is 8.58. The Bertz CT molecular complexity index is 398. The van der Waals surface area contributed by atoms with E-state index in [4.69, 9.17) is 23.2 Å². The minimum Gasteiger partial charge on any atom is -0.310 e. The van der Waals surface area contributed by atoms with Crippen LogP contribution in [0.1, 0.15) is 5.69 Å². The fourth-order valence-corrected chi connectivity index (χ4v) is 1.83. The fourth-order valence-electron chi connectivity index (χ4n) is 1.35. The van der Waals surface area contributed by atoms with Crippen LogP contribution in [-0.4, -0.2) is 39.7 Å². The van der Waals surface area contributed by atoms with Crippen LogP contribution in [0, 0.1) is 0 Å². The molecule has 1 aromatic rings. The molecule has 17 heavy (non-hydrogen) atoms. The molecule has 0 aliphatic heterocycles. The van der Waals surface area contributed by atoms with E-state index in [9.17, 15) is 9.59 Å². The Morgan fingerprint density at radius 1 is 1.12 bits per heavy atom. The molecule has 1 aromatic heterocycles. The summed E-state index contributed by atoms with van der Waals surface area (Å²) in [5.41, 5.74) is -0.348. The van der Waals surface area contributed by atoms with Crippen LogP contribution in [0.25, 0.3) is 0 Å². The Labute approximate surface area is 115 Å². The highest BCUT2D eigenvalue weighted by Gasteiger charge is 2.06.